The molecular weight excluding hydrogens is 230 g/mol. The van der Waals surface area contributed by atoms with E-state index in [2.05, 4.69) is 5.32 Å². The topological polar surface area (TPSA) is 66.4 Å². The second kappa shape index (κ2) is 6.21. The first-order valence-corrected chi connectivity index (χ1v) is 7.19. The molecule has 0 aromatic rings. The van der Waals surface area contributed by atoms with Gasteiger partial charge in [-0.3, -0.25) is 4.79 Å². The highest BCUT2D eigenvalue weighted by Crippen LogP contribution is 2.33. The summed E-state index contributed by atoms with van der Waals surface area (Å²) < 4.78 is 0. The second-order valence-corrected chi connectivity index (χ2v) is 5.76. The molecule has 0 aromatic heterocycles. The SMILES string of the molecule is O=C(CCCC1CCCC1)NC(C(=O)O)C1CC1. The van der Waals surface area contributed by atoms with Crippen molar-refractivity contribution in [3.8, 4) is 0 Å². The molecule has 1 atom stereocenters. The minimum atomic E-state index is -0.887. The molecule has 2 fully saturated rings. The van der Waals surface area contributed by atoms with E-state index < -0.39 is 12.0 Å². The maximum absolute atomic E-state index is 11.7. The van der Waals surface area contributed by atoms with E-state index in [1.807, 2.05) is 0 Å². The van der Waals surface area contributed by atoms with Crippen LogP contribution in [0.25, 0.3) is 0 Å². The Morgan fingerprint density at radius 1 is 1.17 bits per heavy atom. The molecule has 2 rings (SSSR count). The number of amides is 1. The molecule has 102 valence electrons. The lowest BCUT2D eigenvalue weighted by Gasteiger charge is -2.14. The number of carboxylic acids is 1. The van der Waals surface area contributed by atoms with Gasteiger partial charge in [-0.05, 0) is 37.5 Å². The van der Waals surface area contributed by atoms with E-state index in [0.717, 1.165) is 31.6 Å². The van der Waals surface area contributed by atoms with Crippen LogP contribution in [0.1, 0.15) is 57.8 Å². The normalized spacial score (nSPS) is 21.8. The molecule has 2 aliphatic rings. The Bertz CT molecular complexity index is 306. The van der Waals surface area contributed by atoms with Crippen molar-refractivity contribution in [2.75, 3.05) is 0 Å². The molecule has 0 radical (unpaired) electrons. The molecule has 2 N–H and O–H groups in total. The second-order valence-electron chi connectivity index (χ2n) is 5.76. The monoisotopic (exact) mass is 253 g/mol. The van der Waals surface area contributed by atoms with E-state index >= 15 is 0 Å². The van der Waals surface area contributed by atoms with Crippen molar-refractivity contribution < 1.29 is 14.7 Å². The summed E-state index contributed by atoms with van der Waals surface area (Å²) in [6, 6.07) is -0.649. The third-order valence-electron chi connectivity index (χ3n) is 4.17. The fourth-order valence-electron chi connectivity index (χ4n) is 2.91. The number of carbonyl (C=O) groups excluding carboxylic acids is 1. The maximum atomic E-state index is 11.7. The molecule has 0 bridgehead atoms. The quantitative estimate of drug-likeness (QED) is 0.731. The Morgan fingerprint density at radius 2 is 1.83 bits per heavy atom. The van der Waals surface area contributed by atoms with Gasteiger partial charge in [0.2, 0.25) is 5.91 Å². The van der Waals surface area contributed by atoms with E-state index in [4.69, 9.17) is 5.11 Å². The Labute approximate surface area is 108 Å². The van der Waals surface area contributed by atoms with E-state index in [1.54, 1.807) is 0 Å². The van der Waals surface area contributed by atoms with Crippen LogP contribution in [0, 0.1) is 11.8 Å². The third kappa shape index (κ3) is 4.00. The fraction of sp³-hybridized carbons (Fsp3) is 0.857. The Balaban J connectivity index is 1.62. The predicted molar refractivity (Wildman–Crippen MR) is 68.1 cm³/mol. The number of aliphatic carboxylic acids is 1. The first-order chi connectivity index (χ1) is 8.66. The van der Waals surface area contributed by atoms with E-state index in [9.17, 15) is 9.59 Å². The molecule has 0 aromatic carbocycles. The molecule has 0 aliphatic heterocycles. The fourth-order valence-corrected chi connectivity index (χ4v) is 2.91. The lowest BCUT2D eigenvalue weighted by molar-refractivity contribution is -0.142. The molecule has 18 heavy (non-hydrogen) atoms. The first-order valence-electron chi connectivity index (χ1n) is 7.19. The minimum absolute atomic E-state index is 0.0905. The Kier molecular flexibility index (Phi) is 4.61. The summed E-state index contributed by atoms with van der Waals surface area (Å²) in [4.78, 5) is 22.7. The van der Waals surface area contributed by atoms with E-state index in [-0.39, 0.29) is 11.8 Å². The van der Waals surface area contributed by atoms with Crippen molar-refractivity contribution in [2.45, 2.75) is 63.8 Å². The summed E-state index contributed by atoms with van der Waals surface area (Å²) >= 11 is 0. The molecule has 1 amide bonds. The average molecular weight is 253 g/mol. The van der Waals surface area contributed by atoms with Crippen LogP contribution in [-0.4, -0.2) is 23.0 Å². The molecule has 4 heteroatoms. The zero-order chi connectivity index (χ0) is 13.0. The zero-order valence-electron chi connectivity index (χ0n) is 10.9. The van der Waals surface area contributed by atoms with Crippen molar-refractivity contribution in [2.24, 2.45) is 11.8 Å². The standard InChI is InChI=1S/C14H23NO3/c16-12(7-3-6-10-4-1-2-5-10)15-13(14(17)18)11-8-9-11/h10-11,13H,1-9H2,(H,15,16)(H,17,18). The summed E-state index contributed by atoms with van der Waals surface area (Å²) in [5.41, 5.74) is 0. The highest BCUT2D eigenvalue weighted by Gasteiger charge is 2.37. The van der Waals surface area contributed by atoms with Crippen molar-refractivity contribution in [1.29, 1.82) is 0 Å². The van der Waals surface area contributed by atoms with Crippen LogP contribution >= 0.6 is 0 Å². The molecule has 0 saturated heterocycles. The van der Waals surface area contributed by atoms with Gasteiger partial charge < -0.3 is 10.4 Å². The van der Waals surface area contributed by atoms with Gasteiger partial charge in [-0.25, -0.2) is 4.79 Å². The molecule has 4 nitrogen and oxygen atoms in total. The molecule has 0 heterocycles. The van der Waals surface area contributed by atoms with Gasteiger partial charge in [-0.15, -0.1) is 0 Å². The van der Waals surface area contributed by atoms with Crippen LogP contribution in [0.4, 0.5) is 0 Å². The molecule has 2 saturated carbocycles. The van der Waals surface area contributed by atoms with Crippen molar-refractivity contribution in [3.05, 3.63) is 0 Å². The number of hydrogen-bond donors (Lipinski definition) is 2. The molecule has 0 spiro atoms. The lowest BCUT2D eigenvalue weighted by Crippen LogP contribution is -2.42. The number of rotatable bonds is 7. The highest BCUT2D eigenvalue weighted by atomic mass is 16.4. The maximum Gasteiger partial charge on any atom is 0.326 e. The zero-order valence-corrected chi connectivity index (χ0v) is 10.9. The van der Waals surface area contributed by atoms with Crippen LogP contribution in [0.2, 0.25) is 0 Å². The number of hydrogen-bond acceptors (Lipinski definition) is 2. The van der Waals surface area contributed by atoms with E-state index in [0.29, 0.717) is 6.42 Å². The van der Waals surface area contributed by atoms with Crippen LogP contribution in [-0.2, 0) is 9.59 Å². The van der Waals surface area contributed by atoms with E-state index in [1.165, 1.54) is 25.7 Å². The average Bonchev–Trinajstić information content (AvgIpc) is 3.03. The van der Waals surface area contributed by atoms with Crippen LogP contribution in [0.3, 0.4) is 0 Å². The van der Waals surface area contributed by atoms with Gasteiger partial charge in [-0.2, -0.15) is 0 Å². The van der Waals surface area contributed by atoms with Gasteiger partial charge in [0.1, 0.15) is 6.04 Å². The summed E-state index contributed by atoms with van der Waals surface area (Å²) in [5, 5.41) is 11.7. The summed E-state index contributed by atoms with van der Waals surface area (Å²) in [7, 11) is 0. The third-order valence-corrected chi connectivity index (χ3v) is 4.17. The van der Waals surface area contributed by atoms with Gasteiger partial charge in [-0.1, -0.05) is 25.7 Å². The van der Waals surface area contributed by atoms with Gasteiger partial charge in [0.05, 0.1) is 0 Å². The minimum Gasteiger partial charge on any atom is -0.480 e. The summed E-state index contributed by atoms with van der Waals surface area (Å²) in [6.07, 6.45) is 9.63. The predicted octanol–water partition coefficient (Wildman–Crippen LogP) is 2.33. The molecular formula is C14H23NO3. The van der Waals surface area contributed by atoms with Gasteiger partial charge in [0.25, 0.3) is 0 Å². The first kappa shape index (κ1) is 13.4. The van der Waals surface area contributed by atoms with Crippen molar-refractivity contribution >= 4 is 11.9 Å². The highest BCUT2D eigenvalue weighted by molar-refractivity contribution is 5.83. The van der Waals surface area contributed by atoms with Crippen LogP contribution in [0.15, 0.2) is 0 Å². The lowest BCUT2D eigenvalue weighted by atomic mass is 10.0. The number of nitrogens with one attached hydrogen (secondary N) is 1. The van der Waals surface area contributed by atoms with Crippen molar-refractivity contribution in [3.63, 3.8) is 0 Å². The summed E-state index contributed by atoms with van der Waals surface area (Å²) in [5.74, 6) is -0.00766. The molecule has 2 aliphatic carbocycles. The smallest absolute Gasteiger partial charge is 0.326 e. The van der Waals surface area contributed by atoms with Crippen molar-refractivity contribution in [1.82, 2.24) is 5.32 Å². The van der Waals surface area contributed by atoms with Crippen LogP contribution in [0.5, 0.6) is 0 Å². The Morgan fingerprint density at radius 3 is 2.39 bits per heavy atom. The number of carboxylic acid groups (broad SMARTS) is 1. The largest absolute Gasteiger partial charge is 0.480 e. The summed E-state index contributed by atoms with van der Waals surface area (Å²) in [6.45, 7) is 0. The van der Waals surface area contributed by atoms with Crippen LogP contribution < -0.4 is 5.32 Å². The van der Waals surface area contributed by atoms with Gasteiger partial charge >= 0.3 is 5.97 Å². The Hall–Kier alpha value is -1.06. The van der Waals surface area contributed by atoms with Gasteiger partial charge in [0, 0.05) is 6.42 Å². The number of carbonyl (C=O) groups is 2. The van der Waals surface area contributed by atoms with Gasteiger partial charge in [0.15, 0.2) is 0 Å². The molecule has 1 unspecified atom stereocenters.